The Balaban J connectivity index is 2.00. The molecule has 2 atom stereocenters. The zero-order valence-corrected chi connectivity index (χ0v) is 9.35. The molecule has 2 aromatic rings. The Hall–Kier alpha value is -1.55. The molecule has 0 spiro atoms. The summed E-state index contributed by atoms with van der Waals surface area (Å²) in [5.41, 5.74) is 8.12. The van der Waals surface area contributed by atoms with Gasteiger partial charge in [0.05, 0.1) is 11.0 Å². The third-order valence-electron chi connectivity index (χ3n) is 3.46. The summed E-state index contributed by atoms with van der Waals surface area (Å²) in [6, 6.07) is 8.71. The van der Waals surface area contributed by atoms with E-state index in [1.165, 1.54) is 0 Å². The molecule has 1 aliphatic rings. The number of para-hydroxylation sites is 2. The Morgan fingerprint density at radius 3 is 2.94 bits per heavy atom. The standard InChI is InChI=1S/C12H16N4/c1-8-9(13)6-7-16(8)12-14-10-4-2-3-5-11(10)15-12/h2-5,8-9H,6-7,13H2,1H3,(H,14,15). The molecule has 2 heterocycles. The van der Waals surface area contributed by atoms with Crippen molar-refractivity contribution in [3.8, 4) is 0 Å². The lowest BCUT2D eigenvalue weighted by atomic mass is 10.2. The molecule has 3 N–H and O–H groups in total. The van der Waals surface area contributed by atoms with Gasteiger partial charge in [-0.05, 0) is 25.5 Å². The smallest absolute Gasteiger partial charge is 0.204 e. The van der Waals surface area contributed by atoms with Gasteiger partial charge in [-0.15, -0.1) is 0 Å². The molecule has 0 saturated carbocycles. The van der Waals surface area contributed by atoms with E-state index >= 15 is 0 Å². The van der Waals surface area contributed by atoms with Crippen LogP contribution in [0.15, 0.2) is 24.3 Å². The molecule has 2 unspecified atom stereocenters. The van der Waals surface area contributed by atoms with Crippen molar-refractivity contribution in [2.45, 2.75) is 25.4 Å². The average Bonchev–Trinajstić information content (AvgIpc) is 2.84. The second-order valence-corrected chi connectivity index (χ2v) is 4.46. The van der Waals surface area contributed by atoms with Crippen LogP contribution in [0.3, 0.4) is 0 Å². The summed E-state index contributed by atoms with van der Waals surface area (Å²) in [5, 5.41) is 0. The minimum atomic E-state index is 0.258. The number of anilines is 1. The highest BCUT2D eigenvalue weighted by atomic mass is 15.3. The van der Waals surface area contributed by atoms with E-state index in [9.17, 15) is 0 Å². The largest absolute Gasteiger partial charge is 0.338 e. The molecule has 0 radical (unpaired) electrons. The van der Waals surface area contributed by atoms with Crippen LogP contribution in [0.2, 0.25) is 0 Å². The Kier molecular flexibility index (Phi) is 2.11. The van der Waals surface area contributed by atoms with Gasteiger partial charge in [-0.1, -0.05) is 12.1 Å². The van der Waals surface area contributed by atoms with Crippen molar-refractivity contribution in [3.63, 3.8) is 0 Å². The van der Waals surface area contributed by atoms with Gasteiger partial charge in [-0.3, -0.25) is 0 Å². The van der Waals surface area contributed by atoms with Crippen LogP contribution in [0.1, 0.15) is 13.3 Å². The van der Waals surface area contributed by atoms with Gasteiger partial charge in [0, 0.05) is 18.6 Å². The van der Waals surface area contributed by atoms with E-state index in [2.05, 4.69) is 21.8 Å². The predicted molar refractivity (Wildman–Crippen MR) is 65.5 cm³/mol. The number of benzene rings is 1. The van der Waals surface area contributed by atoms with Crippen molar-refractivity contribution in [1.82, 2.24) is 9.97 Å². The lowest BCUT2D eigenvalue weighted by molar-refractivity contribution is 0.619. The number of imidazole rings is 1. The number of fused-ring (bicyclic) bond motifs is 1. The predicted octanol–water partition coefficient (Wildman–Crippen LogP) is 1.49. The fourth-order valence-electron chi connectivity index (χ4n) is 2.34. The number of nitrogens with zero attached hydrogens (tertiary/aromatic N) is 2. The maximum atomic E-state index is 6.02. The number of H-pyrrole nitrogens is 1. The van der Waals surface area contributed by atoms with E-state index in [0.29, 0.717) is 6.04 Å². The first-order valence-corrected chi connectivity index (χ1v) is 5.72. The Bertz CT molecular complexity index is 471. The zero-order valence-electron chi connectivity index (χ0n) is 9.35. The molecule has 0 bridgehead atoms. The summed E-state index contributed by atoms with van der Waals surface area (Å²) in [6.45, 7) is 3.15. The first-order chi connectivity index (χ1) is 7.75. The number of aromatic nitrogens is 2. The van der Waals surface area contributed by atoms with E-state index < -0.39 is 0 Å². The quantitative estimate of drug-likeness (QED) is 0.759. The van der Waals surface area contributed by atoms with Crippen molar-refractivity contribution < 1.29 is 0 Å². The van der Waals surface area contributed by atoms with Crippen molar-refractivity contribution in [2.24, 2.45) is 5.73 Å². The number of nitrogens with one attached hydrogen (secondary N) is 1. The topological polar surface area (TPSA) is 57.9 Å². The van der Waals surface area contributed by atoms with Crippen molar-refractivity contribution in [2.75, 3.05) is 11.4 Å². The molecule has 1 fully saturated rings. The summed E-state index contributed by atoms with van der Waals surface area (Å²) in [4.78, 5) is 10.2. The molecule has 0 aliphatic carbocycles. The van der Waals surface area contributed by atoms with Crippen LogP contribution in [0, 0.1) is 0 Å². The summed E-state index contributed by atoms with van der Waals surface area (Å²) in [6.07, 6.45) is 1.04. The van der Waals surface area contributed by atoms with Crippen molar-refractivity contribution >= 4 is 17.0 Å². The maximum Gasteiger partial charge on any atom is 0.204 e. The highest BCUT2D eigenvalue weighted by Gasteiger charge is 2.29. The second kappa shape index (κ2) is 3.49. The van der Waals surface area contributed by atoms with E-state index in [1.807, 2.05) is 24.3 Å². The molecule has 0 amide bonds. The summed E-state index contributed by atoms with van der Waals surface area (Å²) >= 11 is 0. The molecule has 1 saturated heterocycles. The molecule has 3 rings (SSSR count). The number of nitrogens with two attached hydrogens (primary N) is 1. The van der Waals surface area contributed by atoms with Crippen molar-refractivity contribution in [1.29, 1.82) is 0 Å². The number of rotatable bonds is 1. The number of hydrogen-bond donors (Lipinski definition) is 2. The lowest BCUT2D eigenvalue weighted by Gasteiger charge is -2.22. The van der Waals surface area contributed by atoms with E-state index in [1.54, 1.807) is 0 Å². The highest BCUT2D eigenvalue weighted by Crippen LogP contribution is 2.24. The number of aromatic amines is 1. The van der Waals surface area contributed by atoms with Crippen molar-refractivity contribution in [3.05, 3.63) is 24.3 Å². The van der Waals surface area contributed by atoms with Gasteiger partial charge in [0.15, 0.2) is 0 Å². The van der Waals surface area contributed by atoms with Gasteiger partial charge in [0.25, 0.3) is 0 Å². The van der Waals surface area contributed by atoms with Gasteiger partial charge in [-0.25, -0.2) is 4.98 Å². The third kappa shape index (κ3) is 1.38. The molecular weight excluding hydrogens is 200 g/mol. The monoisotopic (exact) mass is 216 g/mol. The van der Waals surface area contributed by atoms with E-state index in [4.69, 9.17) is 5.73 Å². The molecule has 16 heavy (non-hydrogen) atoms. The molecular formula is C12H16N4. The van der Waals surface area contributed by atoms with Crippen LogP contribution >= 0.6 is 0 Å². The highest BCUT2D eigenvalue weighted by molar-refractivity contribution is 5.77. The molecule has 4 nitrogen and oxygen atoms in total. The molecule has 84 valence electrons. The van der Waals surface area contributed by atoms with Crippen LogP contribution in [0.4, 0.5) is 5.95 Å². The zero-order chi connectivity index (χ0) is 11.1. The van der Waals surface area contributed by atoms with Gasteiger partial charge >= 0.3 is 0 Å². The van der Waals surface area contributed by atoms with E-state index in [0.717, 1.165) is 29.9 Å². The van der Waals surface area contributed by atoms with Crippen LogP contribution in [0.25, 0.3) is 11.0 Å². The van der Waals surface area contributed by atoms with Crippen LogP contribution in [-0.2, 0) is 0 Å². The van der Waals surface area contributed by atoms with E-state index in [-0.39, 0.29) is 6.04 Å². The SMILES string of the molecule is CC1C(N)CCN1c1nc2ccccc2[nH]1. The molecule has 4 heteroatoms. The van der Waals surface area contributed by atoms with Gasteiger partial charge in [0.1, 0.15) is 0 Å². The third-order valence-corrected chi connectivity index (χ3v) is 3.46. The van der Waals surface area contributed by atoms with Gasteiger partial charge in [-0.2, -0.15) is 0 Å². The minimum absolute atomic E-state index is 0.258. The normalized spacial score (nSPS) is 25.5. The lowest BCUT2D eigenvalue weighted by Crippen LogP contribution is -2.37. The number of hydrogen-bond acceptors (Lipinski definition) is 3. The van der Waals surface area contributed by atoms with Crippen LogP contribution in [0.5, 0.6) is 0 Å². The fraction of sp³-hybridized carbons (Fsp3) is 0.417. The first-order valence-electron chi connectivity index (χ1n) is 5.72. The van der Waals surface area contributed by atoms with Gasteiger partial charge in [0.2, 0.25) is 5.95 Å². The van der Waals surface area contributed by atoms with Gasteiger partial charge < -0.3 is 15.6 Å². The Labute approximate surface area is 94.5 Å². The summed E-state index contributed by atoms with van der Waals surface area (Å²) in [7, 11) is 0. The molecule has 1 aliphatic heterocycles. The van der Waals surface area contributed by atoms with Crippen LogP contribution in [-0.4, -0.2) is 28.6 Å². The van der Waals surface area contributed by atoms with Crippen LogP contribution < -0.4 is 10.6 Å². The Morgan fingerprint density at radius 1 is 1.44 bits per heavy atom. The maximum absolute atomic E-state index is 6.02. The fourth-order valence-corrected chi connectivity index (χ4v) is 2.34. The Morgan fingerprint density at radius 2 is 2.25 bits per heavy atom. The average molecular weight is 216 g/mol. The summed E-state index contributed by atoms with van der Waals surface area (Å²) in [5.74, 6) is 0.946. The second-order valence-electron chi connectivity index (χ2n) is 4.46. The minimum Gasteiger partial charge on any atom is -0.338 e. The molecule has 1 aromatic heterocycles. The molecule has 1 aromatic carbocycles. The first kappa shape index (κ1) is 9.66. The summed E-state index contributed by atoms with van der Waals surface area (Å²) < 4.78 is 0.